The third kappa shape index (κ3) is 2.18. The predicted molar refractivity (Wildman–Crippen MR) is 54.3 cm³/mol. The van der Waals surface area contributed by atoms with Crippen molar-refractivity contribution < 1.29 is 20.1 Å². The fourth-order valence-corrected chi connectivity index (χ4v) is 2.86. The van der Waals surface area contributed by atoms with Crippen molar-refractivity contribution >= 4 is 0 Å². The summed E-state index contributed by atoms with van der Waals surface area (Å²) in [5, 5.41) is 29.1. The average Bonchev–Trinajstić information content (AvgIpc) is 2.38. The maximum absolute atomic E-state index is 9.96. The Morgan fingerprint density at radius 2 is 1.93 bits per heavy atom. The van der Waals surface area contributed by atoms with Gasteiger partial charge in [-0.25, -0.2) is 0 Å². The highest BCUT2D eigenvalue weighted by Gasteiger charge is 2.43. The van der Waals surface area contributed by atoms with Crippen LogP contribution in [-0.2, 0) is 4.74 Å². The summed E-state index contributed by atoms with van der Waals surface area (Å²) in [4.78, 5) is 0. The molecule has 0 aromatic carbocycles. The van der Waals surface area contributed by atoms with E-state index in [9.17, 15) is 15.3 Å². The molecular weight excluding hydrogens is 196 g/mol. The molecule has 88 valence electrons. The summed E-state index contributed by atoms with van der Waals surface area (Å²) in [5.41, 5.74) is 0. The normalized spacial score (nSPS) is 47.0. The first-order valence-corrected chi connectivity index (χ1v) is 5.82. The van der Waals surface area contributed by atoms with Crippen molar-refractivity contribution in [2.75, 3.05) is 13.2 Å². The highest BCUT2D eigenvalue weighted by Crippen LogP contribution is 2.36. The third-order valence-corrected chi connectivity index (χ3v) is 3.81. The highest BCUT2D eigenvalue weighted by molar-refractivity contribution is 4.93. The number of aliphatic hydroxyl groups is 3. The molecule has 2 heterocycles. The smallest absolute Gasteiger partial charge is 0.106 e. The van der Waals surface area contributed by atoms with Gasteiger partial charge in [0.05, 0.1) is 12.2 Å². The Hall–Kier alpha value is -0.160. The molecule has 3 rings (SSSR count). The van der Waals surface area contributed by atoms with E-state index in [1.807, 2.05) is 0 Å². The lowest BCUT2D eigenvalue weighted by atomic mass is 9.73. The molecule has 0 aromatic rings. The molecule has 3 fully saturated rings. The van der Waals surface area contributed by atoms with Crippen molar-refractivity contribution in [1.82, 2.24) is 0 Å². The van der Waals surface area contributed by atoms with Gasteiger partial charge in [-0.1, -0.05) is 6.42 Å². The number of hydrogen-bond acceptors (Lipinski definition) is 4. The van der Waals surface area contributed by atoms with E-state index in [2.05, 4.69) is 0 Å². The SMILES string of the molecule is OCC1C[C@H]2OCCCC[C@@H]1[C@H](O)C2O. The van der Waals surface area contributed by atoms with Crippen LogP contribution in [0.15, 0.2) is 0 Å². The van der Waals surface area contributed by atoms with Crippen LogP contribution in [0.25, 0.3) is 0 Å². The predicted octanol–water partition coefficient (Wildman–Crippen LogP) is -0.0943. The zero-order valence-electron chi connectivity index (χ0n) is 8.88. The van der Waals surface area contributed by atoms with Crippen LogP contribution in [0.2, 0.25) is 0 Å². The second kappa shape index (κ2) is 4.78. The minimum atomic E-state index is -0.782. The van der Waals surface area contributed by atoms with Gasteiger partial charge >= 0.3 is 0 Å². The quantitative estimate of drug-likeness (QED) is 0.573. The van der Waals surface area contributed by atoms with Gasteiger partial charge in [0.2, 0.25) is 0 Å². The van der Waals surface area contributed by atoms with Crippen LogP contribution in [0, 0.1) is 11.8 Å². The van der Waals surface area contributed by atoms with Crippen molar-refractivity contribution in [3.05, 3.63) is 0 Å². The van der Waals surface area contributed by atoms with Crippen LogP contribution in [0.5, 0.6) is 0 Å². The maximum atomic E-state index is 9.96. The first-order chi connectivity index (χ1) is 7.24. The van der Waals surface area contributed by atoms with Crippen molar-refractivity contribution in [1.29, 1.82) is 0 Å². The number of aliphatic hydroxyl groups excluding tert-OH is 3. The van der Waals surface area contributed by atoms with E-state index in [4.69, 9.17) is 4.74 Å². The summed E-state index contributed by atoms with van der Waals surface area (Å²) in [7, 11) is 0. The molecule has 1 aliphatic carbocycles. The van der Waals surface area contributed by atoms with Crippen LogP contribution in [0.4, 0.5) is 0 Å². The molecule has 2 bridgehead atoms. The second-order valence-corrected chi connectivity index (χ2v) is 4.73. The van der Waals surface area contributed by atoms with E-state index in [1.54, 1.807) is 0 Å². The van der Waals surface area contributed by atoms with E-state index >= 15 is 0 Å². The third-order valence-electron chi connectivity index (χ3n) is 3.81. The standard InChI is InChI=1S/C11H20O4/c12-6-7-5-9-11(14)10(13)8(7)3-1-2-4-15-9/h7-14H,1-6H2/t7?,8-,9+,10-,11?/m0/s1. The van der Waals surface area contributed by atoms with Crippen LogP contribution >= 0.6 is 0 Å². The number of ether oxygens (including phenoxy) is 1. The van der Waals surface area contributed by atoms with Gasteiger partial charge < -0.3 is 20.1 Å². The highest BCUT2D eigenvalue weighted by atomic mass is 16.5. The lowest BCUT2D eigenvalue weighted by molar-refractivity contribution is -0.151. The first kappa shape index (κ1) is 11.3. The first-order valence-electron chi connectivity index (χ1n) is 5.82. The van der Waals surface area contributed by atoms with Gasteiger partial charge in [-0.3, -0.25) is 0 Å². The van der Waals surface area contributed by atoms with Gasteiger partial charge in [0, 0.05) is 13.2 Å². The van der Waals surface area contributed by atoms with Crippen molar-refractivity contribution in [2.45, 2.75) is 44.0 Å². The molecular formula is C11H20O4. The molecule has 0 aromatic heterocycles. The lowest BCUT2D eigenvalue weighted by Crippen LogP contribution is -2.51. The summed E-state index contributed by atoms with van der Waals surface area (Å²) < 4.78 is 5.54. The fraction of sp³-hybridized carbons (Fsp3) is 1.00. The fourth-order valence-electron chi connectivity index (χ4n) is 2.86. The molecule has 5 atom stereocenters. The summed E-state index contributed by atoms with van der Waals surface area (Å²) in [5.74, 6) is 0.106. The molecule has 4 heteroatoms. The van der Waals surface area contributed by atoms with Crippen LogP contribution in [-0.4, -0.2) is 46.8 Å². The number of fused-ring (bicyclic) bond motifs is 6. The number of rotatable bonds is 1. The summed E-state index contributed by atoms with van der Waals surface area (Å²) in [6, 6.07) is 0. The van der Waals surface area contributed by atoms with E-state index in [0.717, 1.165) is 19.3 Å². The Labute approximate surface area is 89.9 Å². The molecule has 15 heavy (non-hydrogen) atoms. The van der Waals surface area contributed by atoms with E-state index < -0.39 is 12.2 Å². The van der Waals surface area contributed by atoms with Crippen LogP contribution < -0.4 is 0 Å². The average molecular weight is 216 g/mol. The minimum Gasteiger partial charge on any atom is -0.396 e. The van der Waals surface area contributed by atoms with E-state index in [1.165, 1.54) is 0 Å². The lowest BCUT2D eigenvalue weighted by Gasteiger charge is -2.41. The van der Waals surface area contributed by atoms with E-state index in [-0.39, 0.29) is 24.5 Å². The molecule has 4 nitrogen and oxygen atoms in total. The Kier molecular flexibility index (Phi) is 3.61. The zero-order chi connectivity index (χ0) is 10.8. The Bertz CT molecular complexity index is 205. The van der Waals surface area contributed by atoms with Crippen LogP contribution in [0.1, 0.15) is 25.7 Å². The Morgan fingerprint density at radius 3 is 2.67 bits per heavy atom. The second-order valence-electron chi connectivity index (χ2n) is 4.73. The van der Waals surface area contributed by atoms with Gasteiger partial charge in [0.15, 0.2) is 0 Å². The Balaban J connectivity index is 2.16. The van der Waals surface area contributed by atoms with Crippen LogP contribution in [0.3, 0.4) is 0 Å². The minimum absolute atomic E-state index is 0.0305. The van der Waals surface area contributed by atoms with Gasteiger partial charge in [-0.2, -0.15) is 0 Å². The van der Waals surface area contributed by atoms with Gasteiger partial charge in [-0.15, -0.1) is 0 Å². The molecule has 1 saturated carbocycles. The molecule has 0 amide bonds. The van der Waals surface area contributed by atoms with Crippen molar-refractivity contribution in [3.8, 4) is 0 Å². The molecule has 2 unspecified atom stereocenters. The largest absolute Gasteiger partial charge is 0.396 e. The molecule has 2 aliphatic heterocycles. The van der Waals surface area contributed by atoms with Crippen molar-refractivity contribution in [3.63, 3.8) is 0 Å². The van der Waals surface area contributed by atoms with Gasteiger partial charge in [0.1, 0.15) is 6.10 Å². The zero-order valence-corrected chi connectivity index (χ0v) is 8.88. The molecule has 3 N–H and O–H groups in total. The summed E-state index contributed by atoms with van der Waals surface area (Å²) >= 11 is 0. The molecule has 0 spiro atoms. The van der Waals surface area contributed by atoms with Gasteiger partial charge in [-0.05, 0) is 31.1 Å². The Morgan fingerprint density at radius 1 is 1.13 bits per heavy atom. The molecule has 3 aliphatic rings. The van der Waals surface area contributed by atoms with E-state index in [0.29, 0.717) is 13.0 Å². The maximum Gasteiger partial charge on any atom is 0.106 e. The molecule has 2 saturated heterocycles. The molecule has 0 radical (unpaired) electrons. The monoisotopic (exact) mass is 216 g/mol. The summed E-state index contributed by atoms with van der Waals surface area (Å²) in [6.45, 7) is 0.730. The number of hydrogen-bond donors (Lipinski definition) is 3. The van der Waals surface area contributed by atoms with Crippen molar-refractivity contribution in [2.24, 2.45) is 11.8 Å². The topological polar surface area (TPSA) is 69.9 Å². The summed E-state index contributed by atoms with van der Waals surface area (Å²) in [6.07, 6.45) is 1.70. The van der Waals surface area contributed by atoms with Gasteiger partial charge in [0.25, 0.3) is 0 Å².